The Bertz CT molecular complexity index is 290. The number of ketones is 1. The van der Waals surface area contributed by atoms with E-state index in [0.29, 0.717) is 12.1 Å². The molecule has 0 heterocycles. The molecule has 0 atom stereocenters. The van der Waals surface area contributed by atoms with Crippen LogP contribution in [0, 0.1) is 0 Å². The summed E-state index contributed by atoms with van der Waals surface area (Å²) >= 11 is 0. The Labute approximate surface area is 90.0 Å². The second-order valence-electron chi connectivity index (χ2n) is 3.91. The van der Waals surface area contributed by atoms with Gasteiger partial charge >= 0.3 is 0 Å². The lowest BCUT2D eigenvalue weighted by molar-refractivity contribution is -0.114. The van der Waals surface area contributed by atoms with Crippen molar-refractivity contribution in [1.29, 1.82) is 0 Å². The first kappa shape index (κ1) is 11.8. The van der Waals surface area contributed by atoms with Gasteiger partial charge in [0.15, 0.2) is 5.78 Å². The Morgan fingerprint density at radius 1 is 1.07 bits per heavy atom. The average Bonchev–Trinajstić information content (AvgIpc) is 2.25. The Balaban J connectivity index is 2.62. The summed E-state index contributed by atoms with van der Waals surface area (Å²) < 4.78 is 0. The monoisotopic (exact) mass is 207 g/mol. The van der Waals surface area contributed by atoms with Crippen LogP contribution >= 0.6 is 0 Å². The van der Waals surface area contributed by atoms with Crippen LogP contribution in [0.25, 0.3) is 10.4 Å². The molecule has 4 heteroatoms. The molecule has 0 fully saturated rings. The summed E-state index contributed by atoms with van der Waals surface area (Å²) in [4.78, 5) is 14.2. The van der Waals surface area contributed by atoms with Crippen molar-refractivity contribution in [2.75, 3.05) is 0 Å². The maximum absolute atomic E-state index is 11.4. The highest BCUT2D eigenvalue weighted by molar-refractivity contribution is 5.90. The van der Waals surface area contributed by atoms with Crippen LogP contribution in [0.1, 0.15) is 51.4 Å². The first-order chi connectivity index (χ1) is 7.33. The topological polar surface area (TPSA) is 65.8 Å². The molecule has 0 aromatic heterocycles. The third-order valence-corrected chi connectivity index (χ3v) is 2.61. The van der Waals surface area contributed by atoms with Crippen molar-refractivity contribution in [3.63, 3.8) is 0 Å². The lowest BCUT2D eigenvalue weighted by atomic mass is 10.1. The molecule has 15 heavy (non-hydrogen) atoms. The van der Waals surface area contributed by atoms with Crippen molar-refractivity contribution >= 4 is 5.78 Å². The Hall–Kier alpha value is -1.28. The highest BCUT2D eigenvalue weighted by atomic mass is 16.1. The van der Waals surface area contributed by atoms with Gasteiger partial charge in [0.25, 0.3) is 0 Å². The highest BCUT2D eigenvalue weighted by Crippen LogP contribution is 2.16. The zero-order valence-corrected chi connectivity index (χ0v) is 8.98. The van der Waals surface area contributed by atoms with Gasteiger partial charge in [0.2, 0.25) is 0 Å². The maximum atomic E-state index is 11.4. The van der Waals surface area contributed by atoms with E-state index in [-0.39, 0.29) is 5.78 Å². The van der Waals surface area contributed by atoms with Crippen molar-refractivity contribution in [1.82, 2.24) is 0 Å². The van der Waals surface area contributed by atoms with Gasteiger partial charge in [-0.05, 0) is 30.9 Å². The van der Waals surface area contributed by atoms with Gasteiger partial charge in [-0.2, -0.15) is 0 Å². The van der Waals surface area contributed by atoms with Gasteiger partial charge < -0.3 is 0 Å². The molecule has 0 bridgehead atoms. The first-order valence-corrected chi connectivity index (χ1v) is 5.61. The summed E-state index contributed by atoms with van der Waals surface area (Å²) in [5, 5.41) is 3.56. The van der Waals surface area contributed by atoms with E-state index in [9.17, 15) is 4.79 Å². The van der Waals surface area contributed by atoms with Crippen LogP contribution in [0.3, 0.4) is 0 Å². The number of hydrogen-bond donors (Lipinski definition) is 0. The van der Waals surface area contributed by atoms with E-state index >= 15 is 0 Å². The zero-order valence-electron chi connectivity index (χ0n) is 8.98. The van der Waals surface area contributed by atoms with E-state index in [1.165, 1.54) is 18.9 Å². The molecule has 0 saturated carbocycles. The van der Waals surface area contributed by atoms with E-state index < -0.39 is 0 Å². The molecule has 1 rings (SSSR count). The highest BCUT2D eigenvalue weighted by Gasteiger charge is 2.03. The van der Waals surface area contributed by atoms with Gasteiger partial charge in [-0.1, -0.05) is 30.8 Å². The Morgan fingerprint density at radius 3 is 2.33 bits per heavy atom. The van der Waals surface area contributed by atoms with E-state index in [1.807, 2.05) is 0 Å². The fourth-order valence-corrected chi connectivity index (χ4v) is 1.78. The summed E-state index contributed by atoms with van der Waals surface area (Å²) in [6, 6.07) is 0. The van der Waals surface area contributed by atoms with E-state index in [1.54, 1.807) is 0 Å². The van der Waals surface area contributed by atoms with Gasteiger partial charge in [-0.15, -0.1) is 0 Å². The second kappa shape index (κ2) is 7.07. The van der Waals surface area contributed by atoms with Crippen LogP contribution in [0.15, 0.2) is 16.9 Å². The predicted molar refractivity (Wildman–Crippen MR) is 59.2 cm³/mol. The van der Waals surface area contributed by atoms with Crippen LogP contribution in [0.4, 0.5) is 0 Å². The second-order valence-corrected chi connectivity index (χ2v) is 3.91. The molecule has 0 spiro atoms. The summed E-state index contributed by atoms with van der Waals surface area (Å²) in [6.07, 6.45) is 9.53. The molecular weight excluding hydrogens is 190 g/mol. The molecule has 0 aromatic carbocycles. The van der Waals surface area contributed by atoms with Crippen molar-refractivity contribution in [2.45, 2.75) is 51.4 Å². The van der Waals surface area contributed by atoms with E-state index in [4.69, 9.17) is 5.53 Å². The summed E-state index contributed by atoms with van der Waals surface area (Å²) in [7, 11) is 0. The van der Waals surface area contributed by atoms with Gasteiger partial charge in [-0.3, -0.25) is 4.79 Å². The molecule has 0 saturated heterocycles. The molecular formula is C11H17N3O. The normalized spacial score (nSPS) is 23.2. The van der Waals surface area contributed by atoms with E-state index in [2.05, 4.69) is 10.0 Å². The van der Waals surface area contributed by atoms with Crippen LogP contribution in [-0.4, -0.2) is 5.78 Å². The molecule has 4 nitrogen and oxygen atoms in total. The summed E-state index contributed by atoms with van der Waals surface area (Å²) in [5.74, 6) is 0.0966. The number of hydrogen-bond acceptors (Lipinski definition) is 2. The Kier molecular flexibility index (Phi) is 5.56. The van der Waals surface area contributed by atoms with Crippen molar-refractivity contribution in [2.24, 2.45) is 5.11 Å². The van der Waals surface area contributed by atoms with Gasteiger partial charge in [0.05, 0.1) is 0 Å². The maximum Gasteiger partial charge on any atom is 0.155 e. The van der Waals surface area contributed by atoms with Crippen molar-refractivity contribution in [3.05, 3.63) is 22.2 Å². The minimum Gasteiger partial charge on any atom is -0.295 e. The first-order valence-electron chi connectivity index (χ1n) is 5.61. The van der Waals surface area contributed by atoms with Crippen LogP contribution in [-0.2, 0) is 4.79 Å². The van der Waals surface area contributed by atoms with Crippen molar-refractivity contribution < 1.29 is 4.79 Å². The molecule has 0 N–H and O–H groups in total. The fourth-order valence-electron chi connectivity index (χ4n) is 1.78. The number of nitrogens with zero attached hydrogens (tertiary/aromatic N) is 3. The molecule has 82 valence electrons. The van der Waals surface area contributed by atoms with Gasteiger partial charge in [0.1, 0.15) is 0 Å². The fraction of sp³-hybridized carbons (Fsp3) is 0.727. The number of rotatable bonds is 1. The van der Waals surface area contributed by atoms with Crippen molar-refractivity contribution in [3.8, 4) is 0 Å². The van der Waals surface area contributed by atoms with Crippen LogP contribution in [0.5, 0.6) is 0 Å². The molecule has 0 aliphatic heterocycles. The predicted octanol–water partition coefficient (Wildman–Crippen LogP) is 3.88. The molecule has 0 aromatic rings. The van der Waals surface area contributed by atoms with Gasteiger partial charge in [-0.25, -0.2) is 0 Å². The molecule has 1 aliphatic rings. The largest absolute Gasteiger partial charge is 0.295 e. The lowest BCUT2D eigenvalue weighted by Crippen LogP contribution is -1.94. The zero-order chi connectivity index (χ0) is 10.9. The number of azide groups is 1. The SMILES string of the molecule is [N-]=[N+]=N/C1=C/C(=O)CCCCCCCC1. The standard InChI is InChI=1S/C11H17N3O/c12-14-13-10-7-5-3-1-2-4-6-8-11(15)9-10/h9H,1-8H2/b10-9+. The minimum atomic E-state index is 0.0966. The van der Waals surface area contributed by atoms with Crippen LogP contribution < -0.4 is 0 Å². The molecule has 1 aliphatic carbocycles. The number of allylic oxidation sites excluding steroid dienone is 2. The van der Waals surface area contributed by atoms with Gasteiger partial charge in [0, 0.05) is 17.0 Å². The quantitative estimate of drug-likeness (QED) is 0.365. The minimum absolute atomic E-state index is 0.0966. The molecule has 0 unspecified atom stereocenters. The molecule has 0 amide bonds. The average molecular weight is 207 g/mol. The van der Waals surface area contributed by atoms with Crippen LogP contribution in [0.2, 0.25) is 0 Å². The molecule has 0 radical (unpaired) electrons. The summed E-state index contributed by atoms with van der Waals surface area (Å²) in [6.45, 7) is 0. The number of carbonyl (C=O) groups excluding carboxylic acids is 1. The smallest absolute Gasteiger partial charge is 0.155 e. The third kappa shape index (κ3) is 5.23. The van der Waals surface area contributed by atoms with E-state index in [0.717, 1.165) is 32.1 Å². The third-order valence-electron chi connectivity index (χ3n) is 2.61. The Morgan fingerprint density at radius 2 is 1.67 bits per heavy atom. The lowest BCUT2D eigenvalue weighted by Gasteiger charge is -1.99. The summed E-state index contributed by atoms with van der Waals surface area (Å²) in [5.41, 5.74) is 8.96. The number of carbonyl (C=O) groups is 1.